The van der Waals surface area contributed by atoms with E-state index in [4.69, 9.17) is 4.74 Å². The molecule has 3 aromatic rings. The van der Waals surface area contributed by atoms with Gasteiger partial charge in [0.15, 0.2) is 0 Å². The third-order valence-corrected chi connectivity index (χ3v) is 4.32. The van der Waals surface area contributed by atoms with Gasteiger partial charge in [0.2, 0.25) is 0 Å². The summed E-state index contributed by atoms with van der Waals surface area (Å²) in [5.41, 5.74) is 1.06. The van der Waals surface area contributed by atoms with E-state index in [1.54, 1.807) is 47.2 Å². The van der Waals surface area contributed by atoms with E-state index in [2.05, 4.69) is 26.1 Å². The van der Waals surface area contributed by atoms with E-state index in [0.29, 0.717) is 35.5 Å². The van der Waals surface area contributed by atoms with E-state index in [0.717, 1.165) is 5.39 Å². The summed E-state index contributed by atoms with van der Waals surface area (Å²) in [6.07, 6.45) is 1.79. The first-order chi connectivity index (χ1) is 13.3. The minimum Gasteiger partial charge on any atom is -0.494 e. The van der Waals surface area contributed by atoms with Crippen molar-refractivity contribution in [1.29, 1.82) is 0 Å². The number of benzene rings is 2. The Morgan fingerprint density at radius 3 is 2.54 bits per heavy atom. The van der Waals surface area contributed by atoms with Gasteiger partial charge in [0, 0.05) is 34.8 Å². The van der Waals surface area contributed by atoms with Gasteiger partial charge in [-0.1, -0.05) is 32.9 Å². The molecule has 0 spiro atoms. The number of hydrogen-bond donors (Lipinski definition) is 1. The Morgan fingerprint density at radius 1 is 1.07 bits per heavy atom. The highest BCUT2D eigenvalue weighted by Gasteiger charge is 2.15. The fraction of sp³-hybridized carbons (Fsp3) is 0.304. The van der Waals surface area contributed by atoms with Gasteiger partial charge in [-0.05, 0) is 48.7 Å². The maximum absolute atomic E-state index is 12.9. The number of hydrogen-bond acceptors (Lipinski definition) is 3. The van der Waals surface area contributed by atoms with Gasteiger partial charge in [0.05, 0.1) is 6.61 Å². The van der Waals surface area contributed by atoms with Gasteiger partial charge < -0.3 is 14.6 Å². The second-order valence-electron chi connectivity index (χ2n) is 7.99. The van der Waals surface area contributed by atoms with Crippen molar-refractivity contribution in [2.24, 2.45) is 5.41 Å². The summed E-state index contributed by atoms with van der Waals surface area (Å²) in [5.74, 6) is 0.408. The molecule has 0 bridgehead atoms. The topological polar surface area (TPSA) is 60.3 Å². The first kappa shape index (κ1) is 19.7. The van der Waals surface area contributed by atoms with Crippen molar-refractivity contribution in [2.75, 3.05) is 11.9 Å². The summed E-state index contributed by atoms with van der Waals surface area (Å²) in [5, 5.41) is 4.24. The van der Waals surface area contributed by atoms with Crippen LogP contribution in [0.5, 0.6) is 5.75 Å². The molecule has 0 fully saturated rings. The molecular formula is C23H26N2O3. The Bertz CT molecular complexity index is 1060. The largest absolute Gasteiger partial charge is 0.494 e. The number of carbonyl (C=O) groups excluding carboxylic acids is 1. The van der Waals surface area contributed by atoms with Crippen LogP contribution in [-0.4, -0.2) is 17.1 Å². The molecule has 0 radical (unpaired) electrons. The third kappa shape index (κ3) is 4.42. The highest BCUT2D eigenvalue weighted by atomic mass is 16.5. The lowest BCUT2D eigenvalue weighted by molar-refractivity contribution is 0.102. The van der Waals surface area contributed by atoms with E-state index >= 15 is 0 Å². The molecule has 0 saturated heterocycles. The number of carbonyl (C=O) groups is 1. The maximum atomic E-state index is 12.9. The quantitative estimate of drug-likeness (QED) is 0.700. The third-order valence-electron chi connectivity index (χ3n) is 4.32. The van der Waals surface area contributed by atoms with Gasteiger partial charge in [-0.25, -0.2) is 0 Å². The molecule has 5 heteroatoms. The van der Waals surface area contributed by atoms with E-state index in [1.807, 2.05) is 19.1 Å². The number of pyridine rings is 1. The van der Waals surface area contributed by atoms with Gasteiger partial charge in [0.1, 0.15) is 5.75 Å². The summed E-state index contributed by atoms with van der Waals surface area (Å²) < 4.78 is 7.18. The number of nitrogens with one attached hydrogen (secondary N) is 1. The van der Waals surface area contributed by atoms with E-state index < -0.39 is 0 Å². The molecule has 0 unspecified atom stereocenters. The van der Waals surface area contributed by atoms with Crippen molar-refractivity contribution in [3.63, 3.8) is 0 Å². The van der Waals surface area contributed by atoms with Crippen molar-refractivity contribution < 1.29 is 9.53 Å². The highest BCUT2D eigenvalue weighted by Crippen LogP contribution is 2.23. The molecule has 0 aliphatic carbocycles. The van der Waals surface area contributed by atoms with Crippen molar-refractivity contribution in [1.82, 2.24) is 4.57 Å². The Hall–Kier alpha value is -3.08. The summed E-state index contributed by atoms with van der Waals surface area (Å²) >= 11 is 0. The molecule has 0 aliphatic rings. The van der Waals surface area contributed by atoms with Gasteiger partial charge in [-0.2, -0.15) is 0 Å². The zero-order valence-electron chi connectivity index (χ0n) is 16.8. The van der Waals surface area contributed by atoms with Crippen LogP contribution in [0.25, 0.3) is 10.8 Å². The molecule has 1 N–H and O–H groups in total. The lowest BCUT2D eigenvalue weighted by Gasteiger charge is -2.20. The van der Waals surface area contributed by atoms with Crippen LogP contribution in [0.3, 0.4) is 0 Å². The number of rotatable bonds is 5. The normalized spacial score (nSPS) is 11.4. The van der Waals surface area contributed by atoms with Crippen LogP contribution in [0.4, 0.5) is 5.69 Å². The van der Waals surface area contributed by atoms with Crippen molar-refractivity contribution >= 4 is 22.4 Å². The van der Waals surface area contributed by atoms with E-state index in [9.17, 15) is 9.59 Å². The van der Waals surface area contributed by atoms with Gasteiger partial charge in [-0.15, -0.1) is 0 Å². The van der Waals surface area contributed by atoms with Crippen LogP contribution in [0.2, 0.25) is 0 Å². The summed E-state index contributed by atoms with van der Waals surface area (Å²) in [6, 6.07) is 14.3. The number of ether oxygens (including phenoxy) is 1. The average Bonchev–Trinajstić information content (AvgIpc) is 2.64. The Kier molecular flexibility index (Phi) is 5.54. The van der Waals surface area contributed by atoms with Crippen molar-refractivity contribution in [3.05, 3.63) is 70.6 Å². The SMILES string of the molecule is CCOc1cccc(C(=O)Nc2cccc3c(=O)n(CC(C)(C)C)ccc23)c1. The van der Waals surface area contributed by atoms with Gasteiger partial charge in [-0.3, -0.25) is 9.59 Å². The molecule has 0 saturated carbocycles. The predicted octanol–water partition coefficient (Wildman–Crippen LogP) is 4.70. The lowest BCUT2D eigenvalue weighted by Crippen LogP contribution is -2.26. The minimum atomic E-state index is -0.243. The van der Waals surface area contributed by atoms with Gasteiger partial charge >= 0.3 is 0 Å². The van der Waals surface area contributed by atoms with Crippen LogP contribution in [0.1, 0.15) is 38.1 Å². The predicted molar refractivity (Wildman–Crippen MR) is 113 cm³/mol. The molecule has 1 amide bonds. The molecule has 5 nitrogen and oxygen atoms in total. The van der Waals surface area contributed by atoms with E-state index in [-0.39, 0.29) is 16.9 Å². The zero-order valence-corrected chi connectivity index (χ0v) is 16.8. The second-order valence-corrected chi connectivity index (χ2v) is 7.99. The number of anilines is 1. The fourth-order valence-electron chi connectivity index (χ4n) is 3.15. The lowest BCUT2D eigenvalue weighted by atomic mass is 9.96. The van der Waals surface area contributed by atoms with Crippen LogP contribution in [0, 0.1) is 5.41 Å². The van der Waals surface area contributed by atoms with E-state index in [1.165, 1.54) is 0 Å². The second kappa shape index (κ2) is 7.89. The number of fused-ring (bicyclic) bond motifs is 1. The summed E-state index contributed by atoms with van der Waals surface area (Å²) in [4.78, 5) is 25.6. The fourth-order valence-corrected chi connectivity index (χ4v) is 3.15. The highest BCUT2D eigenvalue weighted by molar-refractivity contribution is 6.09. The van der Waals surface area contributed by atoms with Gasteiger partial charge in [0.25, 0.3) is 11.5 Å². The molecule has 1 aromatic heterocycles. The smallest absolute Gasteiger partial charge is 0.258 e. The van der Waals surface area contributed by atoms with Crippen LogP contribution >= 0.6 is 0 Å². The van der Waals surface area contributed by atoms with Crippen LogP contribution in [0.15, 0.2) is 59.5 Å². The Balaban J connectivity index is 1.93. The first-order valence-corrected chi connectivity index (χ1v) is 9.45. The minimum absolute atomic E-state index is 0.00505. The molecule has 2 aromatic carbocycles. The molecule has 3 rings (SSSR count). The van der Waals surface area contributed by atoms with Crippen LogP contribution in [-0.2, 0) is 6.54 Å². The molecule has 1 heterocycles. The number of nitrogens with zero attached hydrogens (tertiary/aromatic N) is 1. The molecule has 0 atom stereocenters. The molecule has 146 valence electrons. The molecule has 28 heavy (non-hydrogen) atoms. The first-order valence-electron chi connectivity index (χ1n) is 9.45. The zero-order chi connectivity index (χ0) is 20.3. The van der Waals surface area contributed by atoms with Crippen molar-refractivity contribution in [3.8, 4) is 5.75 Å². The van der Waals surface area contributed by atoms with Crippen LogP contribution < -0.4 is 15.6 Å². The maximum Gasteiger partial charge on any atom is 0.258 e. The monoisotopic (exact) mass is 378 g/mol. The Labute approximate surface area is 165 Å². The number of aromatic nitrogens is 1. The standard InChI is InChI=1S/C23H26N2O3/c1-5-28-17-9-6-8-16(14-17)21(26)24-20-11-7-10-19-18(20)12-13-25(22(19)27)15-23(2,3)4/h6-14H,5,15H2,1-4H3,(H,24,26). The number of amides is 1. The molecular weight excluding hydrogens is 352 g/mol. The Morgan fingerprint density at radius 2 is 1.82 bits per heavy atom. The summed E-state index contributed by atoms with van der Waals surface area (Å²) in [6.45, 7) is 9.34. The molecule has 0 aliphatic heterocycles. The average molecular weight is 378 g/mol. The summed E-state index contributed by atoms with van der Waals surface area (Å²) in [7, 11) is 0. The van der Waals surface area contributed by atoms with Crippen molar-refractivity contribution in [2.45, 2.75) is 34.2 Å².